The Hall–Kier alpha value is -1.74. The average Bonchev–Trinajstić information content (AvgIpc) is 3.06. The van der Waals surface area contributed by atoms with Crippen LogP contribution >= 0.6 is 34.8 Å². The van der Waals surface area contributed by atoms with Crippen molar-refractivity contribution in [2.45, 2.75) is 18.4 Å². The molecule has 0 amide bonds. The molecule has 0 aliphatic rings. The van der Waals surface area contributed by atoms with E-state index >= 15 is 0 Å². The number of aromatic nitrogens is 4. The third-order valence-electron chi connectivity index (χ3n) is 3.76. The zero-order valence-electron chi connectivity index (χ0n) is 13.7. The molecule has 2 aromatic heterocycles. The van der Waals surface area contributed by atoms with E-state index in [1.807, 2.05) is 0 Å². The maximum atomic E-state index is 12.5. The summed E-state index contributed by atoms with van der Waals surface area (Å²) in [6.45, 7) is 2.01. The Morgan fingerprint density at radius 1 is 1.15 bits per heavy atom. The molecule has 7 nitrogen and oxygen atoms in total. The molecule has 0 fully saturated rings. The Balaban J connectivity index is 1.84. The number of anilines is 1. The molecule has 1 N–H and O–H groups in total. The average molecular weight is 435 g/mol. The molecule has 0 atom stereocenters. The van der Waals surface area contributed by atoms with Crippen LogP contribution in [0.15, 0.2) is 35.5 Å². The standard InChI is InChI=1S/C15H14Cl3N5O2S/c1-9-14(6-19-22(9)2)26(24,25)21-15-13(18)8-23(20-15)7-10-3-4-11(16)12(17)5-10/h3-6,8H,7H2,1-2H3,(H,20,21). The van der Waals surface area contributed by atoms with Gasteiger partial charge in [0.15, 0.2) is 5.82 Å². The maximum Gasteiger partial charge on any atom is 0.266 e. The van der Waals surface area contributed by atoms with Crippen LogP contribution in [0.4, 0.5) is 5.82 Å². The molecule has 3 rings (SSSR count). The van der Waals surface area contributed by atoms with Gasteiger partial charge in [0.05, 0.1) is 28.5 Å². The van der Waals surface area contributed by atoms with Gasteiger partial charge in [-0.15, -0.1) is 0 Å². The quantitative estimate of drug-likeness (QED) is 0.663. The van der Waals surface area contributed by atoms with Gasteiger partial charge in [-0.1, -0.05) is 40.9 Å². The van der Waals surface area contributed by atoms with Gasteiger partial charge in [0.2, 0.25) is 0 Å². The maximum absolute atomic E-state index is 12.5. The molecule has 0 aliphatic carbocycles. The van der Waals surface area contributed by atoms with Crippen molar-refractivity contribution in [1.29, 1.82) is 0 Å². The summed E-state index contributed by atoms with van der Waals surface area (Å²) in [5.74, 6) is 0.0370. The fraction of sp³-hybridized carbons (Fsp3) is 0.200. The first kappa shape index (κ1) is 19.0. The second kappa shape index (κ2) is 7.11. The first-order valence-electron chi connectivity index (χ1n) is 7.35. The van der Waals surface area contributed by atoms with Crippen LogP contribution in [0, 0.1) is 6.92 Å². The largest absolute Gasteiger partial charge is 0.272 e. The monoisotopic (exact) mass is 433 g/mol. The van der Waals surface area contributed by atoms with E-state index in [2.05, 4.69) is 14.9 Å². The van der Waals surface area contributed by atoms with Gasteiger partial charge in [-0.3, -0.25) is 14.1 Å². The van der Waals surface area contributed by atoms with E-state index in [-0.39, 0.29) is 15.7 Å². The fourth-order valence-electron chi connectivity index (χ4n) is 2.30. The van der Waals surface area contributed by atoms with Gasteiger partial charge in [0, 0.05) is 13.2 Å². The van der Waals surface area contributed by atoms with Crippen LogP contribution in [0.1, 0.15) is 11.3 Å². The molecule has 0 bridgehead atoms. The number of hydrogen-bond acceptors (Lipinski definition) is 4. The predicted molar refractivity (Wildman–Crippen MR) is 102 cm³/mol. The third kappa shape index (κ3) is 3.83. The van der Waals surface area contributed by atoms with Crippen molar-refractivity contribution in [3.05, 3.63) is 56.9 Å². The van der Waals surface area contributed by atoms with E-state index in [1.165, 1.54) is 21.8 Å². The molecule has 0 saturated carbocycles. The lowest BCUT2D eigenvalue weighted by Gasteiger charge is -2.06. The number of benzene rings is 1. The number of nitrogens with zero attached hydrogens (tertiary/aromatic N) is 4. The highest BCUT2D eigenvalue weighted by Crippen LogP contribution is 2.26. The number of rotatable bonds is 5. The molecule has 138 valence electrons. The van der Waals surface area contributed by atoms with Crippen molar-refractivity contribution in [1.82, 2.24) is 19.6 Å². The molecule has 0 aliphatic heterocycles. The molecule has 0 unspecified atom stereocenters. The fourth-order valence-corrected chi connectivity index (χ4v) is 4.09. The van der Waals surface area contributed by atoms with Crippen molar-refractivity contribution in [2.75, 3.05) is 4.72 Å². The molecule has 11 heteroatoms. The summed E-state index contributed by atoms with van der Waals surface area (Å²) in [5, 5.41) is 9.19. The minimum atomic E-state index is -3.85. The molecular weight excluding hydrogens is 421 g/mol. The first-order chi connectivity index (χ1) is 12.2. The first-order valence-corrected chi connectivity index (χ1v) is 9.97. The van der Waals surface area contributed by atoms with E-state index in [4.69, 9.17) is 34.8 Å². The van der Waals surface area contributed by atoms with Gasteiger partial charge in [-0.05, 0) is 24.6 Å². The lowest BCUT2D eigenvalue weighted by molar-refractivity contribution is 0.599. The summed E-state index contributed by atoms with van der Waals surface area (Å²) in [7, 11) is -2.19. The van der Waals surface area contributed by atoms with E-state index in [0.29, 0.717) is 22.3 Å². The number of nitrogens with one attached hydrogen (secondary N) is 1. The van der Waals surface area contributed by atoms with E-state index in [9.17, 15) is 8.42 Å². The second-order valence-corrected chi connectivity index (χ2v) is 8.47. The van der Waals surface area contributed by atoms with E-state index in [0.717, 1.165) is 5.56 Å². The van der Waals surface area contributed by atoms with Crippen molar-refractivity contribution in [3.63, 3.8) is 0 Å². The molecular formula is C15H14Cl3N5O2S. The summed E-state index contributed by atoms with van der Waals surface area (Å²) >= 11 is 18.0. The third-order valence-corrected chi connectivity index (χ3v) is 6.21. The molecule has 3 aromatic rings. The lowest BCUT2D eigenvalue weighted by Crippen LogP contribution is -2.15. The van der Waals surface area contributed by atoms with E-state index < -0.39 is 10.0 Å². The smallest absolute Gasteiger partial charge is 0.266 e. The van der Waals surface area contributed by atoms with Gasteiger partial charge < -0.3 is 0 Å². The van der Waals surface area contributed by atoms with Crippen molar-refractivity contribution >= 4 is 50.6 Å². The topological polar surface area (TPSA) is 81.8 Å². The van der Waals surface area contributed by atoms with Crippen molar-refractivity contribution in [2.24, 2.45) is 7.05 Å². The van der Waals surface area contributed by atoms with Gasteiger partial charge in [0.1, 0.15) is 9.92 Å². The summed E-state index contributed by atoms with van der Waals surface area (Å²) in [4.78, 5) is 0.0649. The van der Waals surface area contributed by atoms with Crippen LogP contribution < -0.4 is 4.72 Å². The number of sulfonamides is 1. The molecule has 0 spiro atoms. The van der Waals surface area contributed by atoms with Crippen LogP contribution in [-0.2, 0) is 23.6 Å². The summed E-state index contributed by atoms with van der Waals surface area (Å²) in [6.07, 6.45) is 2.80. The normalized spacial score (nSPS) is 11.7. The van der Waals surface area contributed by atoms with Crippen LogP contribution in [0.3, 0.4) is 0 Å². The molecule has 26 heavy (non-hydrogen) atoms. The van der Waals surface area contributed by atoms with Gasteiger partial charge in [-0.2, -0.15) is 10.2 Å². The van der Waals surface area contributed by atoms with Gasteiger partial charge in [0.25, 0.3) is 10.0 Å². The molecule has 1 aromatic carbocycles. The Morgan fingerprint density at radius 3 is 2.50 bits per heavy atom. The SMILES string of the molecule is Cc1c(S(=O)(=O)Nc2nn(Cc3ccc(Cl)c(Cl)c3)cc2Cl)cnn1C. The van der Waals surface area contributed by atoms with Crippen LogP contribution in [0.5, 0.6) is 0 Å². The minimum absolute atomic E-state index is 0.0370. The Morgan fingerprint density at radius 2 is 1.88 bits per heavy atom. The molecule has 2 heterocycles. The minimum Gasteiger partial charge on any atom is -0.272 e. The van der Waals surface area contributed by atoms with Crippen LogP contribution in [0.2, 0.25) is 15.1 Å². The Kier molecular flexibility index (Phi) is 5.21. The Labute approximate surface area is 165 Å². The second-order valence-electron chi connectivity index (χ2n) is 5.60. The molecule has 0 saturated heterocycles. The van der Waals surface area contributed by atoms with Gasteiger partial charge in [-0.25, -0.2) is 8.42 Å². The van der Waals surface area contributed by atoms with Crippen molar-refractivity contribution < 1.29 is 8.42 Å². The number of aryl methyl sites for hydroxylation is 1. The number of halogens is 3. The zero-order valence-corrected chi connectivity index (χ0v) is 16.8. The van der Waals surface area contributed by atoms with Crippen LogP contribution in [-0.4, -0.2) is 28.0 Å². The van der Waals surface area contributed by atoms with Crippen molar-refractivity contribution in [3.8, 4) is 0 Å². The predicted octanol–water partition coefficient (Wildman–Crippen LogP) is 3.73. The highest BCUT2D eigenvalue weighted by molar-refractivity contribution is 7.92. The highest BCUT2D eigenvalue weighted by Gasteiger charge is 2.22. The summed E-state index contributed by atoms with van der Waals surface area (Å²) < 4.78 is 30.4. The number of hydrogen-bond donors (Lipinski definition) is 1. The van der Waals surface area contributed by atoms with E-state index in [1.54, 1.807) is 32.2 Å². The lowest BCUT2D eigenvalue weighted by atomic mass is 10.2. The summed E-state index contributed by atoms with van der Waals surface area (Å²) in [6, 6.07) is 5.19. The van der Waals surface area contributed by atoms with Gasteiger partial charge >= 0.3 is 0 Å². The zero-order chi connectivity index (χ0) is 19.1. The highest BCUT2D eigenvalue weighted by atomic mass is 35.5. The summed E-state index contributed by atoms with van der Waals surface area (Å²) in [5.41, 5.74) is 1.35. The van der Waals surface area contributed by atoms with Crippen LogP contribution in [0.25, 0.3) is 0 Å². The molecule has 0 radical (unpaired) electrons. The Bertz CT molecular complexity index is 1080.